The topological polar surface area (TPSA) is 87.1 Å². The highest BCUT2D eigenvalue weighted by atomic mass is 32.1. The number of hydrogen-bond donors (Lipinski definition) is 3. The van der Waals surface area contributed by atoms with Crippen LogP contribution in [-0.2, 0) is 0 Å². The highest BCUT2D eigenvalue weighted by molar-refractivity contribution is 7.80. The molecule has 68 valence electrons. The van der Waals surface area contributed by atoms with Crippen molar-refractivity contribution in [3.63, 3.8) is 0 Å². The largest absolute Gasteiger partial charge is 0.465 e. The third kappa shape index (κ3) is 3.43. The Kier molecular flexibility index (Phi) is 3.09. The fourth-order valence-corrected chi connectivity index (χ4v) is 0.772. The molecule has 3 N–H and O–H groups in total. The third-order valence-corrected chi connectivity index (χ3v) is 1.22. The van der Waals surface area contributed by atoms with E-state index in [1.807, 2.05) is 5.32 Å². The van der Waals surface area contributed by atoms with Gasteiger partial charge in [0.05, 0.1) is 0 Å². The molecule has 0 radical (unpaired) electrons. The maximum atomic E-state index is 10.1. The van der Waals surface area contributed by atoms with Crippen LogP contribution in [0, 0.1) is 0 Å². The first kappa shape index (κ1) is 9.33. The number of thiocarbonyl (C=S) groups is 1. The molecule has 1 heterocycles. The normalized spacial score (nSPS) is 8.92. The van der Waals surface area contributed by atoms with Gasteiger partial charge in [0.25, 0.3) is 0 Å². The second kappa shape index (κ2) is 4.31. The Hall–Kier alpha value is -1.76. The SMILES string of the molecule is O=C(O)NC(=S)Nc1ncccn1. The van der Waals surface area contributed by atoms with Crippen molar-refractivity contribution in [3.8, 4) is 0 Å². The second-order valence-corrected chi connectivity index (χ2v) is 2.36. The van der Waals surface area contributed by atoms with Crippen molar-refractivity contribution in [2.24, 2.45) is 0 Å². The van der Waals surface area contributed by atoms with Gasteiger partial charge in [0, 0.05) is 12.4 Å². The first-order valence-electron chi connectivity index (χ1n) is 3.26. The van der Waals surface area contributed by atoms with E-state index in [9.17, 15) is 4.79 Å². The van der Waals surface area contributed by atoms with Gasteiger partial charge in [0.2, 0.25) is 5.95 Å². The summed E-state index contributed by atoms with van der Waals surface area (Å²) < 4.78 is 0. The van der Waals surface area contributed by atoms with E-state index >= 15 is 0 Å². The molecule has 1 rings (SSSR count). The van der Waals surface area contributed by atoms with E-state index in [2.05, 4.69) is 27.5 Å². The van der Waals surface area contributed by atoms with E-state index < -0.39 is 6.09 Å². The van der Waals surface area contributed by atoms with Crippen LogP contribution in [0.1, 0.15) is 0 Å². The summed E-state index contributed by atoms with van der Waals surface area (Å²) in [7, 11) is 0. The van der Waals surface area contributed by atoms with Gasteiger partial charge in [-0.3, -0.25) is 5.32 Å². The van der Waals surface area contributed by atoms with Crippen LogP contribution in [0.5, 0.6) is 0 Å². The van der Waals surface area contributed by atoms with E-state index in [4.69, 9.17) is 5.11 Å². The zero-order valence-corrected chi connectivity index (χ0v) is 7.21. The summed E-state index contributed by atoms with van der Waals surface area (Å²) in [4.78, 5) is 17.7. The maximum Gasteiger partial charge on any atom is 0.410 e. The molecular weight excluding hydrogens is 192 g/mol. The van der Waals surface area contributed by atoms with Gasteiger partial charge in [0.15, 0.2) is 5.11 Å². The predicted molar refractivity (Wildman–Crippen MR) is 49.4 cm³/mol. The number of carboxylic acid groups (broad SMARTS) is 1. The molecule has 6 nitrogen and oxygen atoms in total. The van der Waals surface area contributed by atoms with Gasteiger partial charge < -0.3 is 10.4 Å². The predicted octanol–water partition coefficient (Wildman–Crippen LogP) is 0.441. The molecule has 0 saturated carbocycles. The lowest BCUT2D eigenvalue weighted by Gasteiger charge is -2.03. The van der Waals surface area contributed by atoms with Gasteiger partial charge in [-0.25, -0.2) is 14.8 Å². The second-order valence-electron chi connectivity index (χ2n) is 1.96. The van der Waals surface area contributed by atoms with Crippen molar-refractivity contribution in [2.75, 3.05) is 5.32 Å². The first-order chi connectivity index (χ1) is 6.18. The van der Waals surface area contributed by atoms with Crippen LogP contribution in [0.25, 0.3) is 0 Å². The molecular formula is C6H6N4O2S. The first-order valence-corrected chi connectivity index (χ1v) is 3.67. The van der Waals surface area contributed by atoms with Gasteiger partial charge in [-0.1, -0.05) is 0 Å². The smallest absolute Gasteiger partial charge is 0.410 e. The molecule has 0 fully saturated rings. The lowest BCUT2D eigenvalue weighted by molar-refractivity contribution is 0.200. The van der Waals surface area contributed by atoms with Gasteiger partial charge in [-0.15, -0.1) is 0 Å². The summed E-state index contributed by atoms with van der Waals surface area (Å²) in [6, 6.07) is 1.64. The Balaban J connectivity index is 2.50. The van der Waals surface area contributed by atoms with Gasteiger partial charge in [-0.2, -0.15) is 0 Å². The highest BCUT2D eigenvalue weighted by Gasteiger charge is 2.01. The highest BCUT2D eigenvalue weighted by Crippen LogP contribution is 1.92. The van der Waals surface area contributed by atoms with Crippen molar-refractivity contribution in [1.82, 2.24) is 15.3 Å². The van der Waals surface area contributed by atoms with Crippen LogP contribution in [0.15, 0.2) is 18.5 Å². The van der Waals surface area contributed by atoms with Gasteiger partial charge in [-0.05, 0) is 18.3 Å². The molecule has 0 unspecified atom stereocenters. The number of nitrogens with one attached hydrogen (secondary N) is 2. The summed E-state index contributed by atoms with van der Waals surface area (Å²) in [5, 5.41) is 12.7. The summed E-state index contributed by atoms with van der Waals surface area (Å²) in [5.74, 6) is 0.251. The number of anilines is 1. The summed E-state index contributed by atoms with van der Waals surface area (Å²) in [6.45, 7) is 0. The number of rotatable bonds is 1. The molecule has 0 aliphatic heterocycles. The molecule has 0 atom stereocenters. The lowest BCUT2D eigenvalue weighted by atomic mass is 10.7. The van der Waals surface area contributed by atoms with Crippen molar-refractivity contribution < 1.29 is 9.90 Å². The van der Waals surface area contributed by atoms with Crippen molar-refractivity contribution >= 4 is 29.4 Å². The summed E-state index contributed by atoms with van der Waals surface area (Å²) >= 11 is 4.63. The Labute approximate surface area is 79.0 Å². The molecule has 7 heteroatoms. The molecule has 0 spiro atoms. The average Bonchev–Trinajstić information content (AvgIpc) is 2.04. The van der Waals surface area contributed by atoms with E-state index in [-0.39, 0.29) is 11.1 Å². The summed E-state index contributed by atoms with van der Waals surface area (Å²) in [5.41, 5.74) is 0. The monoisotopic (exact) mass is 198 g/mol. The molecule has 1 amide bonds. The van der Waals surface area contributed by atoms with Gasteiger partial charge in [0.1, 0.15) is 0 Å². The van der Waals surface area contributed by atoms with Crippen molar-refractivity contribution in [1.29, 1.82) is 0 Å². The van der Waals surface area contributed by atoms with Crippen LogP contribution in [-0.4, -0.2) is 26.3 Å². The minimum absolute atomic E-state index is 0.0568. The number of aromatic nitrogens is 2. The lowest BCUT2D eigenvalue weighted by Crippen LogP contribution is -2.33. The molecule has 0 aromatic carbocycles. The van der Waals surface area contributed by atoms with E-state index in [0.717, 1.165) is 0 Å². The standard InChI is InChI=1S/C6H6N4O2S/c11-6(12)10-5(13)9-4-7-2-1-3-8-4/h1-3H,(H,11,12)(H2,7,8,9,10,13). The van der Waals surface area contributed by atoms with Crippen LogP contribution >= 0.6 is 12.2 Å². The van der Waals surface area contributed by atoms with E-state index in [1.54, 1.807) is 6.07 Å². The molecule has 0 aliphatic carbocycles. The molecule has 0 bridgehead atoms. The quantitative estimate of drug-likeness (QED) is 0.567. The fourth-order valence-electron chi connectivity index (χ4n) is 0.594. The Bertz CT molecular complexity index is 316. The molecule has 13 heavy (non-hydrogen) atoms. The van der Waals surface area contributed by atoms with Gasteiger partial charge >= 0.3 is 6.09 Å². The van der Waals surface area contributed by atoms with Crippen LogP contribution in [0.4, 0.5) is 10.7 Å². The molecule has 0 aliphatic rings. The number of hydrogen-bond acceptors (Lipinski definition) is 4. The van der Waals surface area contributed by atoms with Crippen molar-refractivity contribution in [2.45, 2.75) is 0 Å². The Morgan fingerprint density at radius 3 is 2.62 bits per heavy atom. The Morgan fingerprint density at radius 1 is 1.46 bits per heavy atom. The van der Waals surface area contributed by atoms with E-state index in [0.29, 0.717) is 0 Å². The molecule has 1 aromatic heterocycles. The van der Waals surface area contributed by atoms with E-state index in [1.165, 1.54) is 12.4 Å². The minimum Gasteiger partial charge on any atom is -0.465 e. The zero-order chi connectivity index (χ0) is 9.68. The molecule has 1 aromatic rings. The maximum absolute atomic E-state index is 10.1. The van der Waals surface area contributed by atoms with Crippen molar-refractivity contribution in [3.05, 3.63) is 18.5 Å². The van der Waals surface area contributed by atoms with Crippen LogP contribution < -0.4 is 10.6 Å². The minimum atomic E-state index is -1.23. The fraction of sp³-hybridized carbons (Fsp3) is 0. The number of nitrogens with zero attached hydrogens (tertiary/aromatic N) is 2. The average molecular weight is 198 g/mol. The zero-order valence-electron chi connectivity index (χ0n) is 6.39. The summed E-state index contributed by atoms with van der Waals surface area (Å²) in [6.07, 6.45) is 1.80. The van der Waals surface area contributed by atoms with Crippen LogP contribution in [0.3, 0.4) is 0 Å². The Morgan fingerprint density at radius 2 is 2.08 bits per heavy atom. The number of carbonyl (C=O) groups is 1. The molecule has 0 saturated heterocycles. The third-order valence-electron chi connectivity index (χ3n) is 1.01. The number of amides is 1. The van der Waals surface area contributed by atoms with Crippen LogP contribution in [0.2, 0.25) is 0 Å².